The monoisotopic (exact) mass is 317 g/mol. The average molecular weight is 317 g/mol. The summed E-state index contributed by atoms with van der Waals surface area (Å²) in [6.45, 7) is 7.73. The number of nitrogens with one attached hydrogen (secondary N) is 3. The zero-order chi connectivity index (χ0) is 17.6. The fourth-order valence-corrected chi connectivity index (χ4v) is 2.01. The van der Waals surface area contributed by atoms with Gasteiger partial charge in [-0.1, -0.05) is 6.07 Å². The fourth-order valence-electron chi connectivity index (χ4n) is 2.01. The quantitative estimate of drug-likeness (QED) is 0.731. The molecule has 0 aliphatic carbocycles. The van der Waals surface area contributed by atoms with Crippen LogP contribution in [0, 0.1) is 11.3 Å². The molecule has 0 aliphatic heterocycles. The fraction of sp³-hybridized carbons (Fsp3) is 0.471. The van der Waals surface area contributed by atoms with E-state index < -0.39 is 6.04 Å². The summed E-state index contributed by atoms with van der Waals surface area (Å²) in [6, 6.07) is 8.37. The normalized spacial score (nSPS) is 13.6. The molecule has 6 nitrogen and oxygen atoms in total. The molecule has 0 spiro atoms. The van der Waals surface area contributed by atoms with Crippen LogP contribution in [-0.2, 0) is 9.59 Å². The largest absolute Gasteiger partial charge is 0.347 e. The second-order valence-electron chi connectivity index (χ2n) is 6.72. The van der Waals surface area contributed by atoms with Gasteiger partial charge in [-0.3, -0.25) is 9.59 Å². The van der Waals surface area contributed by atoms with Crippen molar-refractivity contribution in [2.24, 2.45) is 0 Å². The molecule has 0 heterocycles. The summed E-state index contributed by atoms with van der Waals surface area (Å²) in [5.74, 6) is -0.290. The maximum absolute atomic E-state index is 12.3. The predicted octanol–water partition coefficient (Wildman–Crippen LogP) is 0.315. The number of nitriles is 1. The molecule has 3 N–H and O–H groups in total. The molecule has 0 radical (unpaired) electrons. The molecule has 0 aromatic heterocycles. The van der Waals surface area contributed by atoms with Crippen LogP contribution in [0.4, 0.5) is 5.69 Å². The molecular weight excluding hydrogens is 292 g/mol. The number of benzene rings is 1. The van der Waals surface area contributed by atoms with Crippen LogP contribution >= 0.6 is 0 Å². The first-order chi connectivity index (χ1) is 10.6. The molecule has 1 aromatic carbocycles. The Hall–Kier alpha value is -2.39. The SMILES string of the molecule is C[C@H](C(=O)Nc1cccc(C#N)c1)[NH+](C)CC(=O)NC(C)(C)C. The second kappa shape index (κ2) is 7.75. The van der Waals surface area contributed by atoms with Gasteiger partial charge in [0.05, 0.1) is 18.7 Å². The van der Waals surface area contributed by atoms with Gasteiger partial charge < -0.3 is 15.5 Å². The number of carbonyl (C=O) groups is 2. The van der Waals surface area contributed by atoms with Gasteiger partial charge in [0.1, 0.15) is 0 Å². The summed E-state index contributed by atoms with van der Waals surface area (Å²) in [5.41, 5.74) is 0.772. The molecule has 2 atom stereocenters. The van der Waals surface area contributed by atoms with Crippen LogP contribution in [0.1, 0.15) is 33.3 Å². The highest BCUT2D eigenvalue weighted by molar-refractivity contribution is 5.93. The highest BCUT2D eigenvalue weighted by atomic mass is 16.2. The molecule has 1 rings (SSSR count). The van der Waals surface area contributed by atoms with Crippen LogP contribution < -0.4 is 15.5 Å². The number of quaternary nitrogens is 1. The number of nitrogens with zero attached hydrogens (tertiary/aromatic N) is 1. The topological polar surface area (TPSA) is 86.4 Å². The van der Waals surface area contributed by atoms with Gasteiger partial charge in [-0.2, -0.15) is 5.26 Å². The van der Waals surface area contributed by atoms with Crippen molar-refractivity contribution < 1.29 is 14.5 Å². The van der Waals surface area contributed by atoms with Crippen LogP contribution in [0.25, 0.3) is 0 Å². The Labute approximate surface area is 137 Å². The smallest absolute Gasteiger partial charge is 0.282 e. The summed E-state index contributed by atoms with van der Waals surface area (Å²) in [6.07, 6.45) is 0. The molecule has 23 heavy (non-hydrogen) atoms. The molecule has 2 amide bonds. The summed E-state index contributed by atoms with van der Waals surface area (Å²) >= 11 is 0. The van der Waals surface area contributed by atoms with Crippen LogP contribution in [0.15, 0.2) is 24.3 Å². The Balaban J connectivity index is 2.61. The molecule has 1 unspecified atom stereocenters. The van der Waals surface area contributed by atoms with E-state index in [4.69, 9.17) is 5.26 Å². The summed E-state index contributed by atoms with van der Waals surface area (Å²) < 4.78 is 0. The van der Waals surface area contributed by atoms with E-state index in [1.807, 2.05) is 26.8 Å². The minimum absolute atomic E-state index is 0.0962. The van der Waals surface area contributed by atoms with E-state index in [2.05, 4.69) is 10.6 Å². The molecule has 0 saturated heterocycles. The maximum atomic E-state index is 12.3. The third kappa shape index (κ3) is 6.49. The van der Waals surface area contributed by atoms with Crippen LogP contribution in [0.5, 0.6) is 0 Å². The number of anilines is 1. The Kier molecular flexibility index (Phi) is 6.28. The molecule has 0 saturated carbocycles. The Morgan fingerprint density at radius 3 is 2.57 bits per heavy atom. The van der Waals surface area contributed by atoms with Crippen molar-refractivity contribution in [1.29, 1.82) is 5.26 Å². The lowest BCUT2D eigenvalue weighted by molar-refractivity contribution is -0.885. The Morgan fingerprint density at radius 1 is 1.35 bits per heavy atom. The Bertz CT molecular complexity index is 614. The van der Waals surface area contributed by atoms with E-state index in [1.165, 1.54) is 0 Å². The van der Waals surface area contributed by atoms with Gasteiger partial charge in [-0.15, -0.1) is 0 Å². The molecule has 6 heteroatoms. The second-order valence-corrected chi connectivity index (χ2v) is 6.72. The van der Waals surface area contributed by atoms with Crippen molar-refractivity contribution >= 4 is 17.5 Å². The van der Waals surface area contributed by atoms with Gasteiger partial charge in [0.25, 0.3) is 11.8 Å². The summed E-state index contributed by atoms with van der Waals surface area (Å²) in [5, 5.41) is 14.5. The number of likely N-dealkylation sites (N-methyl/N-ethyl adjacent to an activating group) is 1. The van der Waals surface area contributed by atoms with E-state index in [0.717, 1.165) is 4.90 Å². The number of hydrogen-bond donors (Lipinski definition) is 3. The van der Waals surface area contributed by atoms with Crippen LogP contribution in [-0.4, -0.2) is 37.0 Å². The van der Waals surface area contributed by atoms with E-state index >= 15 is 0 Å². The first kappa shape index (κ1) is 18.7. The lowest BCUT2D eigenvalue weighted by Crippen LogP contribution is -3.15. The zero-order valence-electron chi connectivity index (χ0n) is 14.4. The van der Waals surface area contributed by atoms with Crippen molar-refractivity contribution in [2.75, 3.05) is 18.9 Å². The zero-order valence-corrected chi connectivity index (χ0v) is 14.4. The van der Waals surface area contributed by atoms with Crippen molar-refractivity contribution in [1.82, 2.24) is 5.32 Å². The van der Waals surface area contributed by atoms with Crippen molar-refractivity contribution in [3.63, 3.8) is 0 Å². The van der Waals surface area contributed by atoms with Crippen LogP contribution in [0.3, 0.4) is 0 Å². The molecule has 124 valence electrons. The lowest BCUT2D eigenvalue weighted by Gasteiger charge is -2.24. The van der Waals surface area contributed by atoms with E-state index in [0.29, 0.717) is 11.3 Å². The standard InChI is InChI=1S/C17H24N4O2/c1-12(21(5)11-15(22)20-17(2,3)4)16(23)19-14-8-6-7-13(9-14)10-18/h6-9,12H,11H2,1-5H3,(H,19,23)(H,20,22)/p+1/t12-/m1/s1. The maximum Gasteiger partial charge on any atom is 0.282 e. The highest BCUT2D eigenvalue weighted by Gasteiger charge is 2.25. The van der Waals surface area contributed by atoms with Gasteiger partial charge in [0.2, 0.25) is 0 Å². The first-order valence-corrected chi connectivity index (χ1v) is 7.57. The number of rotatable bonds is 5. The van der Waals surface area contributed by atoms with Crippen molar-refractivity contribution in [2.45, 2.75) is 39.3 Å². The number of hydrogen-bond acceptors (Lipinski definition) is 3. The summed E-state index contributed by atoms with van der Waals surface area (Å²) in [4.78, 5) is 25.0. The molecule has 1 aromatic rings. The molecule has 0 fully saturated rings. The lowest BCUT2D eigenvalue weighted by atomic mass is 10.1. The first-order valence-electron chi connectivity index (χ1n) is 7.57. The molecule has 0 bridgehead atoms. The van der Waals surface area contributed by atoms with Crippen LogP contribution in [0.2, 0.25) is 0 Å². The van der Waals surface area contributed by atoms with E-state index in [9.17, 15) is 9.59 Å². The minimum Gasteiger partial charge on any atom is -0.347 e. The third-order valence-corrected chi connectivity index (χ3v) is 3.35. The van der Waals surface area contributed by atoms with E-state index in [1.54, 1.807) is 38.2 Å². The molecular formula is C17H25N4O2+. The Morgan fingerprint density at radius 2 is 2.00 bits per heavy atom. The van der Waals surface area contributed by atoms with Crippen molar-refractivity contribution in [3.05, 3.63) is 29.8 Å². The van der Waals surface area contributed by atoms with Gasteiger partial charge in [0.15, 0.2) is 12.6 Å². The van der Waals surface area contributed by atoms with Gasteiger partial charge in [-0.05, 0) is 45.9 Å². The number of carbonyl (C=O) groups excluding carboxylic acids is 2. The van der Waals surface area contributed by atoms with Crippen molar-refractivity contribution in [3.8, 4) is 6.07 Å². The minimum atomic E-state index is -0.397. The van der Waals surface area contributed by atoms with Gasteiger partial charge in [-0.25, -0.2) is 0 Å². The molecule has 0 aliphatic rings. The summed E-state index contributed by atoms with van der Waals surface area (Å²) in [7, 11) is 1.80. The van der Waals surface area contributed by atoms with E-state index in [-0.39, 0.29) is 23.9 Å². The number of amides is 2. The highest BCUT2D eigenvalue weighted by Crippen LogP contribution is 2.09. The predicted molar refractivity (Wildman–Crippen MR) is 88.9 cm³/mol. The third-order valence-electron chi connectivity index (χ3n) is 3.35. The average Bonchev–Trinajstić information content (AvgIpc) is 2.44. The van der Waals surface area contributed by atoms with Gasteiger partial charge >= 0.3 is 0 Å². The van der Waals surface area contributed by atoms with Gasteiger partial charge in [0, 0.05) is 11.2 Å².